The standard InChI is InChI=1S/C15H10F4N/c16-13-8-6-11(7-9-13)3-1-4-12-5-2-10-20-14(12)15(17,18)19/h1,3,5-10H,4H2. The first-order valence-electron chi connectivity index (χ1n) is 5.81. The van der Waals surface area contributed by atoms with Crippen molar-refractivity contribution in [3.63, 3.8) is 0 Å². The Kier molecular flexibility index (Phi) is 4.17. The summed E-state index contributed by atoms with van der Waals surface area (Å²) in [6, 6.07) is 9.48. The van der Waals surface area contributed by atoms with Crippen LogP contribution in [-0.4, -0.2) is 4.98 Å². The molecule has 20 heavy (non-hydrogen) atoms. The fourth-order valence-electron chi connectivity index (χ4n) is 1.70. The van der Waals surface area contributed by atoms with Crippen LogP contribution in [0.2, 0.25) is 0 Å². The van der Waals surface area contributed by atoms with E-state index in [9.17, 15) is 17.6 Å². The molecule has 0 aliphatic heterocycles. The molecule has 0 aliphatic carbocycles. The monoisotopic (exact) mass is 280 g/mol. The first-order valence-corrected chi connectivity index (χ1v) is 5.81. The van der Waals surface area contributed by atoms with Gasteiger partial charge >= 0.3 is 6.18 Å². The van der Waals surface area contributed by atoms with E-state index in [1.807, 2.05) is 0 Å². The van der Waals surface area contributed by atoms with Crippen molar-refractivity contribution in [2.24, 2.45) is 0 Å². The number of hydrogen-bond donors (Lipinski definition) is 0. The van der Waals surface area contributed by atoms with Crippen LogP contribution in [-0.2, 0) is 12.6 Å². The number of hydrogen-bond acceptors (Lipinski definition) is 1. The average molecular weight is 280 g/mol. The number of rotatable bonds is 3. The second-order valence-corrected chi connectivity index (χ2v) is 4.10. The van der Waals surface area contributed by atoms with Crippen LogP contribution in [0, 0.1) is 11.9 Å². The van der Waals surface area contributed by atoms with Crippen LogP contribution < -0.4 is 0 Å². The van der Waals surface area contributed by atoms with Crippen LogP contribution in [0.5, 0.6) is 0 Å². The SMILES string of the molecule is Fc1ccc(C=CCc2c[c]cnc2C(F)(F)F)cc1. The molecule has 0 fully saturated rings. The molecule has 1 nitrogen and oxygen atoms in total. The molecule has 0 aliphatic rings. The highest BCUT2D eigenvalue weighted by molar-refractivity contribution is 5.49. The Morgan fingerprint density at radius 3 is 2.50 bits per heavy atom. The van der Waals surface area contributed by atoms with E-state index in [1.54, 1.807) is 24.3 Å². The van der Waals surface area contributed by atoms with Gasteiger partial charge in [-0.3, -0.25) is 4.98 Å². The summed E-state index contributed by atoms with van der Waals surface area (Å²) in [5, 5.41) is 0. The van der Waals surface area contributed by atoms with E-state index in [4.69, 9.17) is 0 Å². The molecule has 1 heterocycles. The highest BCUT2D eigenvalue weighted by atomic mass is 19.4. The third kappa shape index (κ3) is 3.66. The Morgan fingerprint density at radius 2 is 1.85 bits per heavy atom. The maximum absolute atomic E-state index is 12.7. The van der Waals surface area contributed by atoms with Crippen LogP contribution in [0.25, 0.3) is 6.08 Å². The molecule has 5 heteroatoms. The lowest BCUT2D eigenvalue weighted by atomic mass is 10.1. The normalized spacial score (nSPS) is 12.0. The second kappa shape index (κ2) is 5.86. The predicted octanol–water partition coefficient (Wildman–Crippen LogP) is 4.30. The topological polar surface area (TPSA) is 12.9 Å². The summed E-state index contributed by atoms with van der Waals surface area (Å²) in [5.74, 6) is -0.358. The van der Waals surface area contributed by atoms with Gasteiger partial charge in [0.25, 0.3) is 0 Å². The summed E-state index contributed by atoms with van der Waals surface area (Å²) in [6.45, 7) is 0. The van der Waals surface area contributed by atoms with Crippen LogP contribution >= 0.6 is 0 Å². The average Bonchev–Trinajstić information content (AvgIpc) is 2.40. The molecule has 0 saturated heterocycles. The van der Waals surface area contributed by atoms with Crippen molar-refractivity contribution in [1.29, 1.82) is 0 Å². The summed E-state index contributed by atoms with van der Waals surface area (Å²) < 4.78 is 50.8. The van der Waals surface area contributed by atoms with E-state index in [0.717, 1.165) is 6.20 Å². The zero-order chi connectivity index (χ0) is 14.6. The molecule has 0 amide bonds. The molecule has 103 valence electrons. The molecule has 0 bridgehead atoms. The Bertz CT molecular complexity index is 600. The lowest BCUT2D eigenvalue weighted by Gasteiger charge is -2.09. The lowest BCUT2D eigenvalue weighted by molar-refractivity contribution is -0.141. The zero-order valence-electron chi connectivity index (χ0n) is 10.3. The van der Waals surface area contributed by atoms with Gasteiger partial charge in [0, 0.05) is 12.3 Å². The fourth-order valence-corrected chi connectivity index (χ4v) is 1.70. The molecule has 2 rings (SSSR count). The van der Waals surface area contributed by atoms with E-state index >= 15 is 0 Å². The number of pyridine rings is 1. The first-order chi connectivity index (χ1) is 9.47. The van der Waals surface area contributed by atoms with Gasteiger partial charge in [0.05, 0.1) is 0 Å². The Labute approximate surface area is 113 Å². The summed E-state index contributed by atoms with van der Waals surface area (Å²) >= 11 is 0. The molecular formula is C15H10F4N. The van der Waals surface area contributed by atoms with Crippen molar-refractivity contribution in [2.75, 3.05) is 0 Å². The molecule has 1 radical (unpaired) electrons. The van der Waals surface area contributed by atoms with Crippen LogP contribution in [0.4, 0.5) is 17.6 Å². The summed E-state index contributed by atoms with van der Waals surface area (Å²) in [5.41, 5.74) is -0.133. The van der Waals surface area contributed by atoms with E-state index in [0.29, 0.717) is 5.56 Å². The molecule has 1 aromatic heterocycles. The second-order valence-electron chi connectivity index (χ2n) is 4.10. The minimum atomic E-state index is -4.48. The number of halogens is 4. The van der Waals surface area contributed by atoms with Crippen LogP contribution in [0.1, 0.15) is 16.8 Å². The number of allylic oxidation sites excluding steroid dienone is 1. The van der Waals surface area contributed by atoms with Crippen LogP contribution in [0.15, 0.2) is 42.6 Å². The minimum absolute atomic E-state index is 0.0540. The highest BCUT2D eigenvalue weighted by Gasteiger charge is 2.34. The van der Waals surface area contributed by atoms with Gasteiger partial charge in [-0.05, 0) is 35.7 Å². The summed E-state index contributed by atoms with van der Waals surface area (Å²) in [6.07, 6.45) is -0.194. The first kappa shape index (κ1) is 14.2. The van der Waals surface area contributed by atoms with Crippen molar-refractivity contribution in [3.8, 4) is 0 Å². The van der Waals surface area contributed by atoms with Crippen molar-refractivity contribution in [1.82, 2.24) is 4.98 Å². The molecular weight excluding hydrogens is 270 g/mol. The highest BCUT2D eigenvalue weighted by Crippen LogP contribution is 2.30. The van der Waals surface area contributed by atoms with Crippen molar-refractivity contribution in [3.05, 3.63) is 71.3 Å². The van der Waals surface area contributed by atoms with E-state index in [1.165, 1.54) is 18.2 Å². The third-order valence-electron chi connectivity index (χ3n) is 2.62. The van der Waals surface area contributed by atoms with Gasteiger partial charge in [-0.2, -0.15) is 13.2 Å². The number of nitrogens with zero attached hydrogens (tertiary/aromatic N) is 1. The van der Waals surface area contributed by atoms with Crippen LogP contribution in [0.3, 0.4) is 0 Å². The van der Waals surface area contributed by atoms with Gasteiger partial charge in [-0.15, -0.1) is 0 Å². The Morgan fingerprint density at radius 1 is 1.15 bits per heavy atom. The number of alkyl halides is 3. The quantitative estimate of drug-likeness (QED) is 0.764. The molecule has 0 spiro atoms. The molecule has 0 atom stereocenters. The Hall–Kier alpha value is -2.17. The largest absolute Gasteiger partial charge is 0.433 e. The van der Waals surface area contributed by atoms with Gasteiger partial charge in [0.15, 0.2) is 0 Å². The Balaban J connectivity index is 2.13. The fraction of sp³-hybridized carbons (Fsp3) is 0.133. The van der Waals surface area contributed by atoms with Gasteiger partial charge < -0.3 is 0 Å². The molecule has 0 saturated carbocycles. The number of aromatic nitrogens is 1. The molecule has 2 aromatic rings. The third-order valence-corrected chi connectivity index (χ3v) is 2.62. The summed E-state index contributed by atoms with van der Waals surface area (Å²) in [4.78, 5) is 3.32. The molecule has 1 aromatic carbocycles. The molecule has 0 N–H and O–H groups in total. The van der Waals surface area contributed by atoms with Gasteiger partial charge in [0.2, 0.25) is 0 Å². The maximum Gasteiger partial charge on any atom is 0.433 e. The van der Waals surface area contributed by atoms with Gasteiger partial charge in [-0.25, -0.2) is 4.39 Å². The van der Waals surface area contributed by atoms with Gasteiger partial charge in [-0.1, -0.05) is 24.3 Å². The zero-order valence-corrected chi connectivity index (χ0v) is 10.3. The summed E-state index contributed by atoms with van der Waals surface area (Å²) in [7, 11) is 0. The van der Waals surface area contributed by atoms with E-state index < -0.39 is 11.9 Å². The molecule has 0 unspecified atom stereocenters. The lowest BCUT2D eigenvalue weighted by Crippen LogP contribution is -2.11. The van der Waals surface area contributed by atoms with Crippen molar-refractivity contribution in [2.45, 2.75) is 12.6 Å². The predicted molar refractivity (Wildman–Crippen MR) is 67.2 cm³/mol. The van der Waals surface area contributed by atoms with Crippen molar-refractivity contribution < 1.29 is 17.6 Å². The van der Waals surface area contributed by atoms with E-state index in [-0.39, 0.29) is 17.8 Å². The minimum Gasteiger partial charge on any atom is -0.251 e. The smallest absolute Gasteiger partial charge is 0.251 e. The van der Waals surface area contributed by atoms with E-state index in [2.05, 4.69) is 11.1 Å². The number of benzene rings is 1. The van der Waals surface area contributed by atoms with Gasteiger partial charge in [0.1, 0.15) is 11.5 Å². The maximum atomic E-state index is 12.7. The van der Waals surface area contributed by atoms with Crippen molar-refractivity contribution >= 4 is 6.08 Å².